The van der Waals surface area contributed by atoms with Crippen molar-refractivity contribution in [3.05, 3.63) is 52.3 Å². The van der Waals surface area contributed by atoms with Crippen LogP contribution in [0.4, 0.5) is 5.69 Å². The highest BCUT2D eigenvalue weighted by molar-refractivity contribution is 5.97. The number of carbonyl (C=O) groups is 2. The first-order chi connectivity index (χ1) is 12.6. The molecule has 27 heavy (non-hydrogen) atoms. The lowest BCUT2D eigenvalue weighted by Crippen LogP contribution is -2.22. The second kappa shape index (κ2) is 8.42. The molecular weight excluding hydrogens is 340 g/mol. The van der Waals surface area contributed by atoms with Crippen LogP contribution in [0, 0.1) is 20.8 Å². The zero-order valence-corrected chi connectivity index (χ0v) is 17.3. The highest BCUT2D eigenvalue weighted by Crippen LogP contribution is 2.27. The molecule has 1 amide bonds. The summed E-state index contributed by atoms with van der Waals surface area (Å²) in [5, 5.41) is 2.90. The minimum Gasteiger partial charge on any atom is -0.452 e. The van der Waals surface area contributed by atoms with Gasteiger partial charge in [0.1, 0.15) is 0 Å². The summed E-state index contributed by atoms with van der Waals surface area (Å²) < 4.78 is 7.35. The van der Waals surface area contributed by atoms with Crippen LogP contribution in [0.1, 0.15) is 72.5 Å². The molecule has 0 unspecified atom stereocenters. The van der Waals surface area contributed by atoms with Gasteiger partial charge in [0.15, 0.2) is 6.61 Å². The molecule has 146 valence electrons. The molecule has 0 aliphatic rings. The number of aryl methyl sites for hydroxylation is 2. The van der Waals surface area contributed by atoms with E-state index in [1.165, 1.54) is 0 Å². The first kappa shape index (κ1) is 20.7. The van der Waals surface area contributed by atoms with E-state index in [1.807, 2.05) is 45.0 Å². The molecule has 5 nitrogen and oxygen atoms in total. The van der Waals surface area contributed by atoms with Crippen LogP contribution in [0.5, 0.6) is 0 Å². The van der Waals surface area contributed by atoms with Crippen molar-refractivity contribution in [2.24, 2.45) is 0 Å². The van der Waals surface area contributed by atoms with Crippen molar-refractivity contribution >= 4 is 17.6 Å². The average molecular weight is 370 g/mol. The minimum absolute atomic E-state index is 0.255. The van der Waals surface area contributed by atoms with E-state index in [1.54, 1.807) is 0 Å². The number of ether oxygens (including phenoxy) is 1. The first-order valence-electron chi connectivity index (χ1n) is 9.38. The van der Waals surface area contributed by atoms with Gasteiger partial charge in [-0.15, -0.1) is 0 Å². The van der Waals surface area contributed by atoms with Gasteiger partial charge in [-0.3, -0.25) is 4.79 Å². The zero-order valence-electron chi connectivity index (χ0n) is 17.3. The molecule has 0 saturated carbocycles. The van der Waals surface area contributed by atoms with Gasteiger partial charge in [-0.05, 0) is 57.7 Å². The lowest BCUT2D eigenvalue weighted by molar-refractivity contribution is -0.119. The number of hydrogen-bond donors (Lipinski definition) is 1. The third-order valence-electron chi connectivity index (χ3n) is 4.75. The largest absolute Gasteiger partial charge is 0.452 e. The maximum atomic E-state index is 12.4. The second-order valence-corrected chi connectivity index (χ2v) is 7.57. The van der Waals surface area contributed by atoms with Crippen LogP contribution in [0.25, 0.3) is 0 Å². The number of nitrogens with zero attached hydrogens (tertiary/aromatic N) is 1. The summed E-state index contributed by atoms with van der Waals surface area (Å²) in [6.45, 7) is 13.8. The van der Waals surface area contributed by atoms with Crippen LogP contribution in [-0.2, 0) is 9.53 Å². The van der Waals surface area contributed by atoms with E-state index < -0.39 is 5.97 Å². The fourth-order valence-electron chi connectivity index (χ4n) is 3.51. The highest BCUT2D eigenvalue weighted by Gasteiger charge is 2.20. The molecule has 0 fully saturated rings. The third-order valence-corrected chi connectivity index (χ3v) is 4.75. The number of benzene rings is 1. The minimum atomic E-state index is -0.473. The van der Waals surface area contributed by atoms with Crippen molar-refractivity contribution in [2.75, 3.05) is 11.9 Å². The topological polar surface area (TPSA) is 60.3 Å². The maximum Gasteiger partial charge on any atom is 0.340 e. The standard InChI is InChI=1S/C22H30N2O3/c1-13(2)18-10-8-9-15(5)21(18)23-20(25)12-27-22(26)19-11-16(6)24(14(3)4)17(19)7/h8-11,13-14H,12H2,1-7H3,(H,23,25). The summed E-state index contributed by atoms with van der Waals surface area (Å²) in [6, 6.07) is 8.00. The second-order valence-electron chi connectivity index (χ2n) is 7.57. The summed E-state index contributed by atoms with van der Waals surface area (Å²) in [6.07, 6.45) is 0. The van der Waals surface area contributed by atoms with Crippen LogP contribution < -0.4 is 5.32 Å². The van der Waals surface area contributed by atoms with Crippen molar-refractivity contribution in [3.8, 4) is 0 Å². The predicted molar refractivity (Wildman–Crippen MR) is 108 cm³/mol. The third kappa shape index (κ3) is 4.59. The number of carbonyl (C=O) groups excluding carboxylic acids is 2. The molecule has 0 spiro atoms. The summed E-state index contributed by atoms with van der Waals surface area (Å²) in [5.74, 6) is -0.527. The Labute approximate surface area is 161 Å². The average Bonchev–Trinajstić information content (AvgIpc) is 2.88. The van der Waals surface area contributed by atoms with Gasteiger partial charge in [0, 0.05) is 23.1 Å². The van der Waals surface area contributed by atoms with E-state index in [0.717, 1.165) is 28.2 Å². The molecule has 5 heteroatoms. The number of nitrogens with one attached hydrogen (secondary N) is 1. The van der Waals surface area contributed by atoms with Crippen LogP contribution >= 0.6 is 0 Å². The van der Waals surface area contributed by atoms with E-state index in [-0.39, 0.29) is 24.5 Å². The Morgan fingerprint density at radius 1 is 1.11 bits per heavy atom. The Bertz CT molecular complexity index is 847. The van der Waals surface area contributed by atoms with Crippen molar-refractivity contribution in [2.45, 2.75) is 60.4 Å². The molecule has 0 atom stereocenters. The molecule has 1 aromatic carbocycles. The Balaban J connectivity index is 2.07. The molecule has 2 rings (SSSR count). The number of esters is 1. The number of para-hydroxylation sites is 1. The first-order valence-corrected chi connectivity index (χ1v) is 9.38. The highest BCUT2D eigenvalue weighted by atomic mass is 16.5. The van der Waals surface area contributed by atoms with E-state index in [4.69, 9.17) is 4.74 Å². The zero-order chi connectivity index (χ0) is 20.3. The molecule has 0 aliphatic heterocycles. The molecule has 1 heterocycles. The van der Waals surface area contributed by atoms with E-state index >= 15 is 0 Å². The Morgan fingerprint density at radius 3 is 2.33 bits per heavy atom. The molecule has 1 aromatic heterocycles. The van der Waals surface area contributed by atoms with Crippen molar-refractivity contribution in [3.63, 3.8) is 0 Å². The molecule has 0 saturated heterocycles. The predicted octanol–water partition coefficient (Wildman–Crippen LogP) is 4.91. The lowest BCUT2D eigenvalue weighted by Gasteiger charge is -2.16. The fraction of sp³-hybridized carbons (Fsp3) is 0.455. The summed E-state index contributed by atoms with van der Waals surface area (Å²) >= 11 is 0. The van der Waals surface area contributed by atoms with Gasteiger partial charge < -0.3 is 14.6 Å². The fourth-order valence-corrected chi connectivity index (χ4v) is 3.51. The maximum absolute atomic E-state index is 12.4. The molecule has 2 aromatic rings. The SMILES string of the molecule is Cc1cccc(C(C)C)c1NC(=O)COC(=O)c1cc(C)n(C(C)C)c1C. The molecule has 0 bridgehead atoms. The normalized spacial score (nSPS) is 11.1. The van der Waals surface area contributed by atoms with Gasteiger partial charge in [-0.1, -0.05) is 32.0 Å². The lowest BCUT2D eigenvalue weighted by atomic mass is 9.98. The molecular formula is C22H30N2O3. The van der Waals surface area contributed by atoms with E-state index in [0.29, 0.717) is 5.56 Å². The monoisotopic (exact) mass is 370 g/mol. The van der Waals surface area contributed by atoms with Crippen LogP contribution in [0.15, 0.2) is 24.3 Å². The van der Waals surface area contributed by atoms with Crippen molar-refractivity contribution in [1.29, 1.82) is 0 Å². The summed E-state index contributed by atoms with van der Waals surface area (Å²) in [5.41, 5.74) is 5.21. The van der Waals surface area contributed by atoms with Crippen LogP contribution in [0.2, 0.25) is 0 Å². The number of aromatic nitrogens is 1. The van der Waals surface area contributed by atoms with Gasteiger partial charge in [0.05, 0.1) is 5.56 Å². The number of rotatable bonds is 6. The Hall–Kier alpha value is -2.56. The van der Waals surface area contributed by atoms with Gasteiger partial charge in [0.2, 0.25) is 0 Å². The van der Waals surface area contributed by atoms with E-state index in [9.17, 15) is 9.59 Å². The van der Waals surface area contributed by atoms with Crippen molar-refractivity contribution in [1.82, 2.24) is 4.57 Å². The van der Waals surface area contributed by atoms with Crippen LogP contribution in [0.3, 0.4) is 0 Å². The number of hydrogen-bond acceptors (Lipinski definition) is 3. The Morgan fingerprint density at radius 2 is 1.78 bits per heavy atom. The van der Waals surface area contributed by atoms with E-state index in [2.05, 4.69) is 37.6 Å². The number of amides is 1. The van der Waals surface area contributed by atoms with Crippen LogP contribution in [-0.4, -0.2) is 23.1 Å². The quantitative estimate of drug-likeness (QED) is 0.735. The summed E-state index contributed by atoms with van der Waals surface area (Å²) in [4.78, 5) is 24.8. The molecule has 0 aliphatic carbocycles. The van der Waals surface area contributed by atoms with Gasteiger partial charge >= 0.3 is 5.97 Å². The van der Waals surface area contributed by atoms with Gasteiger partial charge in [-0.2, -0.15) is 0 Å². The van der Waals surface area contributed by atoms with Crippen molar-refractivity contribution < 1.29 is 14.3 Å². The van der Waals surface area contributed by atoms with Gasteiger partial charge in [-0.25, -0.2) is 4.79 Å². The summed E-state index contributed by atoms with van der Waals surface area (Å²) in [7, 11) is 0. The Kier molecular flexibility index (Phi) is 6.47. The number of anilines is 1. The molecule has 1 N–H and O–H groups in total. The van der Waals surface area contributed by atoms with Gasteiger partial charge in [0.25, 0.3) is 5.91 Å². The molecule has 0 radical (unpaired) electrons. The smallest absolute Gasteiger partial charge is 0.340 e.